The third kappa shape index (κ3) is 3.78. The molecule has 4 rings (SSSR count). The van der Waals surface area contributed by atoms with Gasteiger partial charge in [0.15, 0.2) is 5.82 Å². The highest BCUT2D eigenvalue weighted by Gasteiger charge is 2.44. The summed E-state index contributed by atoms with van der Waals surface area (Å²) in [7, 11) is 6.96. The van der Waals surface area contributed by atoms with Crippen molar-refractivity contribution in [3.63, 3.8) is 0 Å². The minimum Gasteiger partial charge on any atom is -0.345 e. The molecule has 1 heterocycles. The summed E-state index contributed by atoms with van der Waals surface area (Å²) in [5, 5.41) is 15.2. The van der Waals surface area contributed by atoms with Crippen LogP contribution in [0.3, 0.4) is 0 Å². The highest BCUT2D eigenvalue weighted by atomic mass is 16.2. The number of hydrogen-bond donors (Lipinski definition) is 2. The van der Waals surface area contributed by atoms with Crippen LogP contribution in [0.5, 0.6) is 0 Å². The van der Waals surface area contributed by atoms with Gasteiger partial charge in [0.25, 0.3) is 11.8 Å². The number of nitrogens with two attached hydrogens (primary N) is 1. The second-order valence-corrected chi connectivity index (χ2v) is 8.82. The molecular formula is C24H29N7O2. The van der Waals surface area contributed by atoms with Crippen molar-refractivity contribution >= 4 is 11.8 Å². The molecule has 172 valence electrons. The molecule has 1 aliphatic carbocycles. The molecule has 0 atom stereocenters. The van der Waals surface area contributed by atoms with Gasteiger partial charge < -0.3 is 15.5 Å². The molecule has 0 saturated carbocycles. The molecule has 0 radical (unpaired) electrons. The van der Waals surface area contributed by atoms with Crippen molar-refractivity contribution in [3.8, 4) is 0 Å². The van der Waals surface area contributed by atoms with Gasteiger partial charge in [-0.2, -0.15) is 5.21 Å². The predicted molar refractivity (Wildman–Crippen MR) is 124 cm³/mol. The summed E-state index contributed by atoms with van der Waals surface area (Å²) < 4.78 is 0. The number of nitrogens with zero attached hydrogens (tertiary/aromatic N) is 5. The van der Waals surface area contributed by atoms with Gasteiger partial charge in [-0.15, -0.1) is 10.2 Å². The molecule has 0 fully saturated rings. The Hall–Kier alpha value is -3.59. The average Bonchev–Trinajstić information content (AvgIpc) is 3.31. The van der Waals surface area contributed by atoms with Crippen LogP contribution in [0.15, 0.2) is 36.4 Å². The highest BCUT2D eigenvalue weighted by Crippen LogP contribution is 2.46. The van der Waals surface area contributed by atoms with Crippen molar-refractivity contribution in [1.82, 2.24) is 30.4 Å². The number of rotatable bonds is 5. The molecule has 0 spiro atoms. The van der Waals surface area contributed by atoms with E-state index in [1.807, 2.05) is 36.4 Å². The molecule has 33 heavy (non-hydrogen) atoms. The van der Waals surface area contributed by atoms with Crippen LogP contribution < -0.4 is 5.73 Å². The molecule has 0 aliphatic heterocycles. The van der Waals surface area contributed by atoms with E-state index in [2.05, 4.69) is 20.6 Å². The summed E-state index contributed by atoms with van der Waals surface area (Å²) in [4.78, 5) is 28.5. The quantitative estimate of drug-likeness (QED) is 0.610. The number of aromatic amines is 1. The van der Waals surface area contributed by atoms with Crippen molar-refractivity contribution < 1.29 is 9.59 Å². The van der Waals surface area contributed by atoms with Crippen LogP contribution in [0.1, 0.15) is 55.2 Å². The molecule has 3 aromatic rings. The monoisotopic (exact) mass is 447 g/mol. The van der Waals surface area contributed by atoms with E-state index in [1.165, 1.54) is 0 Å². The largest absolute Gasteiger partial charge is 0.345 e. The fourth-order valence-electron chi connectivity index (χ4n) is 4.81. The molecule has 9 heteroatoms. The number of tetrazole rings is 1. The number of carbonyl (C=O) groups is 2. The number of nitrogens with one attached hydrogen (secondary N) is 1. The first-order chi connectivity index (χ1) is 15.8. The molecule has 0 unspecified atom stereocenters. The first-order valence-corrected chi connectivity index (χ1v) is 10.9. The Balaban J connectivity index is 1.98. The van der Waals surface area contributed by atoms with Gasteiger partial charge in [-0.1, -0.05) is 17.3 Å². The van der Waals surface area contributed by atoms with Gasteiger partial charge in [0, 0.05) is 39.3 Å². The molecule has 1 aliphatic rings. The summed E-state index contributed by atoms with van der Waals surface area (Å²) in [6.07, 6.45) is 1.97. The van der Waals surface area contributed by atoms with Gasteiger partial charge in [0.05, 0.1) is 5.41 Å². The Kier molecular flexibility index (Phi) is 5.99. The van der Waals surface area contributed by atoms with E-state index in [9.17, 15) is 9.59 Å². The summed E-state index contributed by atoms with van der Waals surface area (Å²) in [5.74, 6) is 0.417. The third-order valence-corrected chi connectivity index (χ3v) is 6.35. The fraction of sp³-hybridized carbons (Fsp3) is 0.375. The Bertz CT molecular complexity index is 1110. The Morgan fingerprint density at radius 1 is 0.939 bits per heavy atom. The average molecular weight is 448 g/mol. The normalized spacial score (nSPS) is 14.1. The van der Waals surface area contributed by atoms with Crippen molar-refractivity contribution in [2.24, 2.45) is 5.73 Å². The molecular weight excluding hydrogens is 418 g/mol. The molecule has 0 saturated heterocycles. The van der Waals surface area contributed by atoms with Gasteiger partial charge in [-0.25, -0.2) is 0 Å². The number of benzene rings is 2. The van der Waals surface area contributed by atoms with Crippen molar-refractivity contribution in [3.05, 3.63) is 75.6 Å². The molecule has 3 N–H and O–H groups in total. The van der Waals surface area contributed by atoms with E-state index in [1.54, 1.807) is 38.0 Å². The van der Waals surface area contributed by atoms with E-state index in [0.717, 1.165) is 22.3 Å². The lowest BCUT2D eigenvalue weighted by Crippen LogP contribution is -2.35. The van der Waals surface area contributed by atoms with Crippen molar-refractivity contribution in [2.45, 2.75) is 24.7 Å². The fourth-order valence-corrected chi connectivity index (χ4v) is 4.81. The summed E-state index contributed by atoms with van der Waals surface area (Å²) in [6, 6.07) is 11.6. The van der Waals surface area contributed by atoms with Gasteiger partial charge in [-0.05, 0) is 72.3 Å². The number of hydrogen-bond acceptors (Lipinski definition) is 6. The van der Waals surface area contributed by atoms with Crippen molar-refractivity contribution in [1.29, 1.82) is 0 Å². The molecule has 2 amide bonds. The maximum atomic E-state index is 12.7. The SMILES string of the molecule is CN(C)C(=O)c1ccc2c(c1)CCc1cc(C(=O)N(C)C)ccc1C2(CCN)c1nn[nH]n1. The van der Waals surface area contributed by atoms with Crippen LogP contribution in [0, 0.1) is 0 Å². The minimum atomic E-state index is -0.748. The van der Waals surface area contributed by atoms with Crippen LogP contribution in [0.25, 0.3) is 0 Å². The highest BCUT2D eigenvalue weighted by molar-refractivity contribution is 5.95. The second kappa shape index (κ2) is 8.74. The molecule has 9 nitrogen and oxygen atoms in total. The van der Waals surface area contributed by atoms with Crippen LogP contribution >= 0.6 is 0 Å². The van der Waals surface area contributed by atoms with Crippen LogP contribution in [0.2, 0.25) is 0 Å². The van der Waals surface area contributed by atoms with E-state index in [4.69, 9.17) is 5.73 Å². The lowest BCUT2D eigenvalue weighted by Gasteiger charge is -2.33. The van der Waals surface area contributed by atoms with Crippen LogP contribution in [-0.4, -0.2) is 77.0 Å². The van der Waals surface area contributed by atoms with E-state index >= 15 is 0 Å². The lowest BCUT2D eigenvalue weighted by molar-refractivity contribution is 0.0820. The maximum Gasteiger partial charge on any atom is 0.253 e. The van der Waals surface area contributed by atoms with E-state index in [0.29, 0.717) is 42.8 Å². The first-order valence-electron chi connectivity index (χ1n) is 10.9. The van der Waals surface area contributed by atoms with E-state index in [-0.39, 0.29) is 11.8 Å². The molecule has 1 aromatic heterocycles. The smallest absolute Gasteiger partial charge is 0.253 e. The number of amides is 2. The molecule has 0 bridgehead atoms. The minimum absolute atomic E-state index is 0.0533. The Morgan fingerprint density at radius 3 is 1.85 bits per heavy atom. The van der Waals surface area contributed by atoms with Gasteiger partial charge >= 0.3 is 0 Å². The van der Waals surface area contributed by atoms with Crippen molar-refractivity contribution in [2.75, 3.05) is 34.7 Å². The number of aromatic nitrogens is 4. The number of H-pyrrole nitrogens is 1. The zero-order valence-corrected chi connectivity index (χ0v) is 19.4. The zero-order chi connectivity index (χ0) is 23.8. The van der Waals surface area contributed by atoms with E-state index < -0.39 is 5.41 Å². The summed E-state index contributed by atoms with van der Waals surface area (Å²) >= 11 is 0. The van der Waals surface area contributed by atoms with Crippen LogP contribution in [-0.2, 0) is 18.3 Å². The maximum absolute atomic E-state index is 12.7. The zero-order valence-electron chi connectivity index (χ0n) is 19.4. The van der Waals surface area contributed by atoms with Crippen LogP contribution in [0.4, 0.5) is 0 Å². The number of carbonyl (C=O) groups excluding carboxylic acids is 2. The Morgan fingerprint density at radius 2 is 1.45 bits per heavy atom. The topological polar surface area (TPSA) is 121 Å². The lowest BCUT2D eigenvalue weighted by atomic mass is 9.69. The summed E-state index contributed by atoms with van der Waals surface area (Å²) in [6.45, 7) is 0.393. The number of fused-ring (bicyclic) bond motifs is 2. The second-order valence-electron chi connectivity index (χ2n) is 8.82. The van der Waals surface area contributed by atoms with Gasteiger partial charge in [-0.3, -0.25) is 9.59 Å². The first kappa shape index (κ1) is 22.6. The Labute approximate surface area is 193 Å². The predicted octanol–water partition coefficient (Wildman–Crippen LogP) is 1.39. The summed E-state index contributed by atoms with van der Waals surface area (Å²) in [5.41, 5.74) is 10.7. The number of aryl methyl sites for hydroxylation is 2. The molecule has 2 aromatic carbocycles. The standard InChI is InChI=1S/C24H29N7O2/c1-30(2)21(32)17-7-9-19-15(13-17)5-6-16-14-18(22(33)31(3)4)8-10-20(16)24(19,11-12-25)23-26-28-29-27-23/h7-10,13-14H,5-6,11-12,25H2,1-4H3,(H,26,27,28,29). The van der Waals surface area contributed by atoms with Gasteiger partial charge in [0.2, 0.25) is 0 Å². The van der Waals surface area contributed by atoms with Gasteiger partial charge in [0.1, 0.15) is 0 Å². The third-order valence-electron chi connectivity index (χ3n) is 6.35.